The number of likely N-dealkylation sites (N-methyl/N-ethyl adjacent to an activating group) is 2. The van der Waals surface area contributed by atoms with Crippen molar-refractivity contribution < 1.29 is 19.8 Å². The normalized spacial score (nSPS) is 13.4. The minimum absolute atomic E-state index is 0.558. The van der Waals surface area contributed by atoms with Crippen molar-refractivity contribution in [3.8, 4) is 0 Å². The topological polar surface area (TPSA) is 124 Å². The number of anilines is 1. The first-order valence-electron chi connectivity index (χ1n) is 10.8. The van der Waals surface area contributed by atoms with E-state index in [1.807, 2.05) is 12.4 Å². The zero-order chi connectivity index (χ0) is 24.4. The molecule has 0 atom stereocenters. The number of aromatic nitrogens is 3. The number of pyridine rings is 1. The Morgan fingerprint density at radius 3 is 2.50 bits per heavy atom. The third-order valence-electron chi connectivity index (χ3n) is 5.71. The van der Waals surface area contributed by atoms with Crippen LogP contribution in [0.1, 0.15) is 0 Å². The first-order valence-corrected chi connectivity index (χ1v) is 10.8. The number of carboxylic acids is 2. The lowest BCUT2D eigenvalue weighted by Crippen LogP contribution is -2.20. The number of rotatable bonds is 5. The fraction of sp³-hybridized carbons (Fsp3) is 0.292. The van der Waals surface area contributed by atoms with Crippen LogP contribution >= 0.6 is 0 Å². The monoisotopic (exact) mass is 462 g/mol. The molecule has 0 aliphatic carbocycles. The molecule has 2 aromatic heterocycles. The summed E-state index contributed by atoms with van der Waals surface area (Å²) in [7, 11) is 6.33. The third kappa shape index (κ3) is 4.40. The molecule has 0 saturated carbocycles. The molecule has 10 heteroatoms. The maximum Gasteiger partial charge on any atom is 0.328 e. The molecule has 0 fully saturated rings. The summed E-state index contributed by atoms with van der Waals surface area (Å²) in [6.07, 6.45) is 4.90. The highest BCUT2D eigenvalue weighted by Crippen LogP contribution is 2.35. The number of carbonyl (C=O) groups is 2. The number of nitrogens with zero attached hydrogens (tertiary/aromatic N) is 6. The van der Waals surface area contributed by atoms with E-state index in [1.54, 1.807) is 0 Å². The van der Waals surface area contributed by atoms with Gasteiger partial charge in [0, 0.05) is 71.9 Å². The van der Waals surface area contributed by atoms with Crippen molar-refractivity contribution in [2.24, 2.45) is 4.99 Å². The largest absolute Gasteiger partial charge is 0.478 e. The molecule has 0 amide bonds. The fourth-order valence-electron chi connectivity index (χ4n) is 4.13. The van der Waals surface area contributed by atoms with Crippen LogP contribution in [-0.4, -0.2) is 82.6 Å². The van der Waals surface area contributed by atoms with Gasteiger partial charge in [-0.2, -0.15) is 5.10 Å². The van der Waals surface area contributed by atoms with Crippen LogP contribution in [0.5, 0.6) is 0 Å². The van der Waals surface area contributed by atoms with Crippen molar-refractivity contribution in [1.82, 2.24) is 19.7 Å². The predicted molar refractivity (Wildman–Crippen MR) is 130 cm³/mol. The predicted octanol–water partition coefficient (Wildman–Crippen LogP) is 1.80. The molecule has 0 radical (unpaired) electrons. The van der Waals surface area contributed by atoms with Gasteiger partial charge in [0.05, 0.1) is 24.0 Å². The van der Waals surface area contributed by atoms with E-state index in [0.29, 0.717) is 12.2 Å². The molecule has 2 N–H and O–H groups in total. The van der Waals surface area contributed by atoms with Gasteiger partial charge >= 0.3 is 11.9 Å². The summed E-state index contributed by atoms with van der Waals surface area (Å²) >= 11 is 0. The smallest absolute Gasteiger partial charge is 0.328 e. The Balaban J connectivity index is 0.000000297. The van der Waals surface area contributed by atoms with Gasteiger partial charge in [-0.3, -0.25) is 14.7 Å². The van der Waals surface area contributed by atoms with Crippen molar-refractivity contribution >= 4 is 50.2 Å². The summed E-state index contributed by atoms with van der Waals surface area (Å²) < 4.78 is 2.13. The van der Waals surface area contributed by atoms with E-state index in [4.69, 9.17) is 20.3 Å². The fourth-order valence-corrected chi connectivity index (χ4v) is 4.13. The Kier molecular flexibility index (Phi) is 6.42. The van der Waals surface area contributed by atoms with E-state index in [2.05, 4.69) is 58.8 Å². The number of carboxylic acid groups (broad SMARTS) is 2. The summed E-state index contributed by atoms with van der Waals surface area (Å²) in [5.41, 5.74) is 3.45. The van der Waals surface area contributed by atoms with Gasteiger partial charge in [0.25, 0.3) is 0 Å². The van der Waals surface area contributed by atoms with Crippen molar-refractivity contribution in [3.05, 3.63) is 48.1 Å². The Labute approximate surface area is 195 Å². The second kappa shape index (κ2) is 9.44. The first kappa shape index (κ1) is 23.1. The van der Waals surface area contributed by atoms with Crippen LogP contribution in [0.15, 0.2) is 47.7 Å². The van der Waals surface area contributed by atoms with E-state index in [1.165, 1.54) is 22.0 Å². The lowest BCUT2D eigenvalue weighted by atomic mass is 10.0. The molecule has 0 unspecified atom stereocenters. The molecule has 4 aromatic rings. The molecule has 5 rings (SSSR count). The molecule has 1 aliphatic rings. The van der Waals surface area contributed by atoms with Gasteiger partial charge < -0.3 is 20.0 Å². The molecule has 3 heterocycles. The highest BCUT2D eigenvalue weighted by atomic mass is 16.4. The summed E-state index contributed by atoms with van der Waals surface area (Å²) in [6.45, 7) is 3.54. The minimum atomic E-state index is -1.26. The quantitative estimate of drug-likeness (QED) is 0.340. The SMILES string of the molecule is CN(C)CCn1nc2c3cnccc3c3c4c(ccc1c42)N(C)CCN=3.O=C(O)/C=C\C(=O)O. The number of aliphatic carboxylic acids is 2. The Morgan fingerprint density at radius 2 is 1.82 bits per heavy atom. The van der Waals surface area contributed by atoms with Crippen molar-refractivity contribution in [2.45, 2.75) is 6.54 Å². The maximum atomic E-state index is 9.55. The number of hydrogen-bond donors (Lipinski definition) is 2. The molecule has 1 aliphatic heterocycles. The molecular formula is C24H26N6O4. The molecule has 0 spiro atoms. The number of benzene rings is 2. The van der Waals surface area contributed by atoms with Gasteiger partial charge in [-0.1, -0.05) is 0 Å². The van der Waals surface area contributed by atoms with Crippen molar-refractivity contribution in [2.75, 3.05) is 45.7 Å². The first-order chi connectivity index (χ1) is 16.3. The van der Waals surface area contributed by atoms with Crippen LogP contribution in [0.25, 0.3) is 32.6 Å². The highest BCUT2D eigenvalue weighted by molar-refractivity contribution is 6.22. The minimum Gasteiger partial charge on any atom is -0.478 e. The molecule has 0 bridgehead atoms. The zero-order valence-electron chi connectivity index (χ0n) is 19.3. The van der Waals surface area contributed by atoms with Gasteiger partial charge in [-0.25, -0.2) is 9.59 Å². The average Bonchev–Trinajstić information content (AvgIpc) is 3.09. The summed E-state index contributed by atoms with van der Waals surface area (Å²) in [6, 6.07) is 6.51. The van der Waals surface area contributed by atoms with Crippen molar-refractivity contribution in [3.63, 3.8) is 0 Å². The Bertz CT molecular complexity index is 1460. The molecule has 176 valence electrons. The van der Waals surface area contributed by atoms with E-state index >= 15 is 0 Å². The van der Waals surface area contributed by atoms with Gasteiger partial charge in [0.2, 0.25) is 0 Å². The number of fused-ring (bicyclic) bond motifs is 3. The van der Waals surface area contributed by atoms with E-state index in [9.17, 15) is 9.59 Å². The molecule has 0 saturated heterocycles. The van der Waals surface area contributed by atoms with E-state index in [0.717, 1.165) is 47.8 Å². The van der Waals surface area contributed by atoms with Crippen molar-refractivity contribution in [1.29, 1.82) is 0 Å². The standard InChI is InChI=1S/C20H22N6.C4H4O4/c1-24(2)10-11-26-16-5-4-15-17-18(16)20(23-26)14-12-21-7-6-13(14)19(17)22-8-9-25(15)3;5-3(6)1-2-4(7)8/h4-7,12H,8-11H2,1-3H3;1-2H,(H,5,6)(H,7,8)/b;2-1-. The van der Waals surface area contributed by atoms with Gasteiger partial charge in [-0.05, 0) is 32.3 Å². The van der Waals surface area contributed by atoms with Crippen LogP contribution in [0, 0.1) is 0 Å². The second-order valence-electron chi connectivity index (χ2n) is 8.31. The van der Waals surface area contributed by atoms with Gasteiger partial charge in [-0.15, -0.1) is 0 Å². The zero-order valence-corrected chi connectivity index (χ0v) is 19.3. The van der Waals surface area contributed by atoms with E-state index in [-0.39, 0.29) is 0 Å². The van der Waals surface area contributed by atoms with E-state index < -0.39 is 11.9 Å². The molecule has 2 aromatic carbocycles. The summed E-state index contributed by atoms with van der Waals surface area (Å²) in [5, 5.41) is 26.4. The van der Waals surface area contributed by atoms with Crippen LogP contribution in [0.4, 0.5) is 5.69 Å². The molecular weight excluding hydrogens is 436 g/mol. The Hall–Kier alpha value is -4.05. The lowest BCUT2D eigenvalue weighted by Gasteiger charge is -2.18. The molecule has 10 nitrogen and oxygen atoms in total. The van der Waals surface area contributed by atoms with Crippen LogP contribution in [-0.2, 0) is 16.1 Å². The highest BCUT2D eigenvalue weighted by Gasteiger charge is 2.21. The van der Waals surface area contributed by atoms with Crippen LogP contribution in [0.2, 0.25) is 0 Å². The average molecular weight is 463 g/mol. The second-order valence-corrected chi connectivity index (χ2v) is 8.31. The lowest BCUT2D eigenvalue weighted by molar-refractivity contribution is -0.134. The molecule has 34 heavy (non-hydrogen) atoms. The summed E-state index contributed by atoms with van der Waals surface area (Å²) in [4.78, 5) is 32.9. The number of hydrogen-bond acceptors (Lipinski definition) is 7. The third-order valence-corrected chi connectivity index (χ3v) is 5.71. The van der Waals surface area contributed by atoms with Gasteiger partial charge in [0.1, 0.15) is 5.52 Å². The Morgan fingerprint density at radius 1 is 1.09 bits per heavy atom. The van der Waals surface area contributed by atoms with Crippen LogP contribution in [0.3, 0.4) is 0 Å². The summed E-state index contributed by atoms with van der Waals surface area (Å²) in [5.74, 6) is -2.51. The maximum absolute atomic E-state index is 9.55. The van der Waals surface area contributed by atoms with Crippen LogP contribution < -0.4 is 10.3 Å². The van der Waals surface area contributed by atoms with Gasteiger partial charge in [0.15, 0.2) is 0 Å².